The molecule has 190 valence electrons. The molecule has 35 heavy (non-hydrogen) atoms. The molecule has 0 heterocycles. The minimum atomic E-state index is -0.857. The maximum atomic E-state index is 11.3. The third-order valence-corrected chi connectivity index (χ3v) is 7.50. The van der Waals surface area contributed by atoms with Crippen LogP contribution in [-0.2, 0) is 9.53 Å². The summed E-state index contributed by atoms with van der Waals surface area (Å²) in [6.45, 7) is 3.78. The first-order valence-corrected chi connectivity index (χ1v) is 13.0. The molecular formula is C27H32Cl3NO4. The van der Waals surface area contributed by atoms with Crippen molar-refractivity contribution in [3.8, 4) is 0 Å². The number of carbonyl (C=O) groups is 1. The number of alkyl halides is 2. The van der Waals surface area contributed by atoms with Crippen molar-refractivity contribution in [3.05, 3.63) is 82.7 Å². The van der Waals surface area contributed by atoms with Crippen molar-refractivity contribution >= 4 is 40.8 Å². The summed E-state index contributed by atoms with van der Waals surface area (Å²) in [4.78, 5) is 11.3. The molecule has 0 aliphatic heterocycles. The van der Waals surface area contributed by atoms with Crippen molar-refractivity contribution in [2.45, 2.75) is 55.7 Å². The van der Waals surface area contributed by atoms with E-state index in [4.69, 9.17) is 45.3 Å². The maximum absolute atomic E-state index is 11.3. The predicted molar refractivity (Wildman–Crippen MR) is 142 cm³/mol. The molecule has 0 fully saturated rings. The van der Waals surface area contributed by atoms with Gasteiger partial charge in [-0.3, -0.25) is 4.79 Å². The zero-order chi connectivity index (χ0) is 25.7. The zero-order valence-corrected chi connectivity index (χ0v) is 22.0. The number of halogens is 3. The van der Waals surface area contributed by atoms with Crippen LogP contribution in [0.4, 0.5) is 0 Å². The normalized spacial score (nSPS) is 29.3. The molecule has 0 aromatic rings. The summed E-state index contributed by atoms with van der Waals surface area (Å²) < 4.78 is 6.21. The van der Waals surface area contributed by atoms with Gasteiger partial charge >= 0.3 is 5.97 Å². The third kappa shape index (κ3) is 7.14. The van der Waals surface area contributed by atoms with Crippen molar-refractivity contribution in [3.63, 3.8) is 0 Å². The Kier molecular flexibility index (Phi) is 9.91. The molecule has 3 rings (SSSR count). The molecule has 3 aliphatic rings. The Labute approximate surface area is 221 Å². The average molecular weight is 541 g/mol. The molecule has 8 heteroatoms. The maximum Gasteiger partial charge on any atom is 0.310 e. The van der Waals surface area contributed by atoms with Gasteiger partial charge in [-0.2, -0.15) is 0 Å². The number of hydrogen-bond donors (Lipinski definition) is 3. The lowest BCUT2D eigenvalue weighted by molar-refractivity contribution is -0.140. The van der Waals surface area contributed by atoms with E-state index in [1.807, 2.05) is 50.3 Å². The summed E-state index contributed by atoms with van der Waals surface area (Å²) >= 11 is 19.5. The van der Waals surface area contributed by atoms with Gasteiger partial charge in [0, 0.05) is 11.0 Å². The Bertz CT molecular complexity index is 1010. The second-order valence-electron chi connectivity index (χ2n) is 9.31. The van der Waals surface area contributed by atoms with Crippen molar-refractivity contribution in [2.24, 2.45) is 23.5 Å². The van der Waals surface area contributed by atoms with Gasteiger partial charge in [0.2, 0.25) is 0 Å². The first kappa shape index (κ1) is 27.8. The van der Waals surface area contributed by atoms with E-state index in [-0.39, 0.29) is 17.2 Å². The van der Waals surface area contributed by atoms with Crippen LogP contribution in [0, 0.1) is 17.8 Å². The van der Waals surface area contributed by atoms with Crippen LogP contribution < -0.4 is 5.73 Å². The number of rotatable bonds is 9. The quantitative estimate of drug-likeness (QED) is 0.331. The van der Waals surface area contributed by atoms with Crippen LogP contribution >= 0.6 is 34.8 Å². The first-order chi connectivity index (χ1) is 16.6. The van der Waals surface area contributed by atoms with Crippen LogP contribution in [0.2, 0.25) is 0 Å². The molecule has 0 saturated carbocycles. The number of aliphatic hydroxyl groups is 1. The highest BCUT2D eigenvalue weighted by Gasteiger charge is 2.36. The van der Waals surface area contributed by atoms with E-state index in [9.17, 15) is 15.0 Å². The smallest absolute Gasteiger partial charge is 0.310 e. The summed E-state index contributed by atoms with van der Waals surface area (Å²) in [5, 5.41) is 19.9. The molecule has 0 spiro atoms. The highest BCUT2D eigenvalue weighted by atomic mass is 35.5. The average Bonchev–Trinajstić information content (AvgIpc) is 2.81. The Morgan fingerprint density at radius 1 is 1.17 bits per heavy atom. The minimum absolute atomic E-state index is 0.111. The fraction of sp³-hybridized carbons (Fsp3) is 0.444. The van der Waals surface area contributed by atoms with E-state index in [0.717, 1.165) is 5.57 Å². The van der Waals surface area contributed by atoms with Crippen LogP contribution in [0.15, 0.2) is 82.7 Å². The number of carboxylic acids is 1. The molecule has 0 aromatic carbocycles. The molecule has 0 radical (unpaired) electrons. The Hall–Kier alpha value is -1.76. The van der Waals surface area contributed by atoms with Crippen molar-refractivity contribution in [1.29, 1.82) is 0 Å². The molecule has 0 amide bonds. The third-order valence-electron chi connectivity index (χ3n) is 6.32. The lowest BCUT2D eigenvalue weighted by Gasteiger charge is -2.35. The first-order valence-electron chi connectivity index (χ1n) is 11.7. The second-order valence-corrected chi connectivity index (χ2v) is 10.7. The molecule has 3 aliphatic carbocycles. The van der Waals surface area contributed by atoms with Gasteiger partial charge in [-0.25, -0.2) is 0 Å². The van der Waals surface area contributed by atoms with Gasteiger partial charge in [0.25, 0.3) is 0 Å². The molecule has 0 aromatic heterocycles. The van der Waals surface area contributed by atoms with Crippen LogP contribution in [0.25, 0.3) is 0 Å². The number of allylic oxidation sites excluding steroid dienone is 11. The highest BCUT2D eigenvalue weighted by molar-refractivity contribution is 6.33. The molecule has 5 nitrogen and oxygen atoms in total. The highest BCUT2D eigenvalue weighted by Crippen LogP contribution is 2.33. The summed E-state index contributed by atoms with van der Waals surface area (Å²) in [5.74, 6) is -1.07. The zero-order valence-electron chi connectivity index (χ0n) is 19.7. The van der Waals surface area contributed by atoms with Gasteiger partial charge < -0.3 is 20.7 Å². The van der Waals surface area contributed by atoms with Crippen LogP contribution in [0.3, 0.4) is 0 Å². The standard InChI is InChI=1S/C27H32Cl3NO4/c1-15(2)25(32)26(24(31)23-20(28)7-4-8-21(23)29)35-19-12-11-17(22(30)14-19)10-9-16-5-3-6-18(13-16)27(33)34/h3-5,7,9-15,17-18,21-22,24-26,32H,6,8,31H2,1-2H3,(H,33,34)/b10-9+. The van der Waals surface area contributed by atoms with Crippen LogP contribution in [0.5, 0.6) is 0 Å². The second kappa shape index (κ2) is 12.5. The molecule has 0 saturated heterocycles. The Morgan fingerprint density at radius 2 is 1.89 bits per heavy atom. The lowest BCUT2D eigenvalue weighted by Crippen LogP contribution is -2.49. The summed E-state index contributed by atoms with van der Waals surface area (Å²) in [6, 6.07) is -0.708. The molecule has 4 N–H and O–H groups in total. The fourth-order valence-electron chi connectivity index (χ4n) is 4.20. The SMILES string of the molecule is CC(C)C(O)C(OC1=CC(Cl)C(/C=C/C2=CC(C(=O)O)CC=C2)C=C1)C(N)C1=C(Cl)C=CCC1Cl. The fourth-order valence-corrected chi connectivity index (χ4v) is 5.26. The monoisotopic (exact) mass is 539 g/mol. The van der Waals surface area contributed by atoms with Crippen molar-refractivity contribution in [2.75, 3.05) is 0 Å². The van der Waals surface area contributed by atoms with Gasteiger partial charge in [0.1, 0.15) is 11.9 Å². The van der Waals surface area contributed by atoms with Crippen molar-refractivity contribution < 1.29 is 19.7 Å². The Morgan fingerprint density at radius 3 is 2.51 bits per heavy atom. The number of carboxylic acid groups (broad SMARTS) is 1. The van der Waals surface area contributed by atoms with E-state index >= 15 is 0 Å². The van der Waals surface area contributed by atoms with Gasteiger partial charge in [-0.15, -0.1) is 23.2 Å². The van der Waals surface area contributed by atoms with Crippen LogP contribution in [-0.4, -0.2) is 45.2 Å². The van der Waals surface area contributed by atoms with Gasteiger partial charge in [-0.1, -0.05) is 68.0 Å². The van der Waals surface area contributed by atoms with E-state index < -0.39 is 35.5 Å². The summed E-state index contributed by atoms with van der Waals surface area (Å²) in [7, 11) is 0. The van der Waals surface area contributed by atoms with E-state index in [0.29, 0.717) is 29.2 Å². The van der Waals surface area contributed by atoms with E-state index in [1.54, 1.807) is 24.3 Å². The minimum Gasteiger partial charge on any atom is -0.486 e. The molecule has 7 atom stereocenters. The molecule has 7 unspecified atom stereocenters. The number of hydrogen-bond acceptors (Lipinski definition) is 4. The van der Waals surface area contributed by atoms with Gasteiger partial charge in [-0.05, 0) is 48.1 Å². The predicted octanol–water partition coefficient (Wildman–Crippen LogP) is 5.60. The largest absolute Gasteiger partial charge is 0.486 e. The summed E-state index contributed by atoms with van der Waals surface area (Å²) in [6.07, 6.45) is 17.9. The number of aliphatic carboxylic acids is 1. The number of nitrogens with two attached hydrogens (primary N) is 1. The molecule has 0 bridgehead atoms. The van der Waals surface area contributed by atoms with Crippen molar-refractivity contribution in [1.82, 2.24) is 0 Å². The lowest BCUT2D eigenvalue weighted by atomic mass is 9.88. The Balaban J connectivity index is 1.74. The van der Waals surface area contributed by atoms with Gasteiger partial charge in [0.05, 0.1) is 28.8 Å². The van der Waals surface area contributed by atoms with E-state index in [1.165, 1.54) is 0 Å². The van der Waals surface area contributed by atoms with Gasteiger partial charge in [0.15, 0.2) is 0 Å². The number of ether oxygens (including phenoxy) is 1. The number of aliphatic hydroxyl groups excluding tert-OH is 1. The van der Waals surface area contributed by atoms with E-state index in [2.05, 4.69) is 0 Å². The van der Waals surface area contributed by atoms with Crippen LogP contribution in [0.1, 0.15) is 26.7 Å². The summed E-state index contributed by atoms with van der Waals surface area (Å²) in [5.41, 5.74) is 8.04. The molecular weight excluding hydrogens is 509 g/mol. The topological polar surface area (TPSA) is 92.8 Å².